The van der Waals surface area contributed by atoms with E-state index < -0.39 is 10.0 Å². The molecule has 17 heavy (non-hydrogen) atoms. The van der Waals surface area contributed by atoms with Crippen molar-refractivity contribution in [3.05, 3.63) is 29.8 Å². The van der Waals surface area contributed by atoms with Crippen molar-refractivity contribution >= 4 is 21.5 Å². The molecular weight excluding hydrogens is 238 g/mol. The molecule has 2 rings (SSSR count). The molecule has 0 N–H and O–H groups in total. The molecule has 1 aliphatic rings. The number of benzene rings is 1. The van der Waals surface area contributed by atoms with Crippen LogP contribution < -0.4 is 4.31 Å². The van der Waals surface area contributed by atoms with Crippen molar-refractivity contribution in [3.63, 3.8) is 0 Å². The lowest BCUT2D eigenvalue weighted by molar-refractivity contribution is 0.101. The number of anilines is 1. The molecule has 1 fully saturated rings. The number of rotatable bonds is 2. The average Bonchev–Trinajstić information content (AvgIpc) is 2.52. The van der Waals surface area contributed by atoms with Crippen LogP contribution in [0.5, 0.6) is 0 Å². The van der Waals surface area contributed by atoms with Gasteiger partial charge in [0.1, 0.15) is 0 Å². The molecule has 1 aromatic carbocycles. The van der Waals surface area contributed by atoms with E-state index in [1.807, 2.05) is 6.92 Å². The first-order valence-electron chi connectivity index (χ1n) is 5.51. The van der Waals surface area contributed by atoms with Gasteiger partial charge in [0.15, 0.2) is 5.78 Å². The maximum Gasteiger partial charge on any atom is 0.235 e. The summed E-state index contributed by atoms with van der Waals surface area (Å²) in [6, 6.07) is 6.77. The van der Waals surface area contributed by atoms with Gasteiger partial charge < -0.3 is 0 Å². The molecule has 92 valence electrons. The quantitative estimate of drug-likeness (QED) is 0.753. The lowest BCUT2D eigenvalue weighted by Gasteiger charge is -2.17. The molecule has 0 amide bonds. The minimum absolute atomic E-state index is 0.0588. The van der Waals surface area contributed by atoms with Crippen LogP contribution in [0, 0.1) is 5.92 Å². The zero-order valence-corrected chi connectivity index (χ0v) is 10.7. The van der Waals surface area contributed by atoms with Gasteiger partial charge in [-0.05, 0) is 25.0 Å². The Morgan fingerprint density at radius 1 is 1.41 bits per heavy atom. The van der Waals surface area contributed by atoms with Gasteiger partial charge in [-0.25, -0.2) is 8.42 Å². The van der Waals surface area contributed by atoms with Gasteiger partial charge in [-0.2, -0.15) is 0 Å². The van der Waals surface area contributed by atoms with Crippen LogP contribution in [-0.4, -0.2) is 26.5 Å². The summed E-state index contributed by atoms with van der Waals surface area (Å²) in [4.78, 5) is 11.3. The van der Waals surface area contributed by atoms with Crippen LogP contribution in [-0.2, 0) is 10.0 Å². The van der Waals surface area contributed by atoms with Gasteiger partial charge in [-0.15, -0.1) is 0 Å². The van der Waals surface area contributed by atoms with Crippen LogP contribution in [0.15, 0.2) is 24.3 Å². The highest BCUT2D eigenvalue weighted by molar-refractivity contribution is 7.93. The topological polar surface area (TPSA) is 54.5 Å². The summed E-state index contributed by atoms with van der Waals surface area (Å²) in [5.74, 6) is 0.245. The van der Waals surface area contributed by atoms with E-state index >= 15 is 0 Å². The van der Waals surface area contributed by atoms with Crippen molar-refractivity contribution in [1.29, 1.82) is 0 Å². The number of nitrogens with zero attached hydrogens (tertiary/aromatic N) is 1. The summed E-state index contributed by atoms with van der Waals surface area (Å²) in [5.41, 5.74) is 1.12. The standard InChI is InChI=1S/C12H15NO3S/c1-9-7-13(17(15,16)8-9)12-5-3-4-11(6-12)10(2)14/h3-6,9H,7-8H2,1-2H3. The minimum Gasteiger partial charge on any atom is -0.295 e. The average molecular weight is 253 g/mol. The lowest BCUT2D eigenvalue weighted by Crippen LogP contribution is -2.25. The second kappa shape index (κ2) is 4.14. The van der Waals surface area contributed by atoms with Gasteiger partial charge in [0, 0.05) is 12.1 Å². The highest BCUT2D eigenvalue weighted by Gasteiger charge is 2.33. The molecule has 0 radical (unpaired) electrons. The van der Waals surface area contributed by atoms with Crippen LogP contribution in [0.25, 0.3) is 0 Å². The smallest absolute Gasteiger partial charge is 0.235 e. The molecule has 0 spiro atoms. The van der Waals surface area contributed by atoms with Crippen molar-refractivity contribution in [2.24, 2.45) is 5.92 Å². The molecule has 1 saturated heterocycles. The number of sulfonamides is 1. The number of ketones is 1. The third-order valence-corrected chi connectivity index (χ3v) is 4.87. The Kier molecular flexibility index (Phi) is 2.95. The van der Waals surface area contributed by atoms with Crippen LogP contribution >= 0.6 is 0 Å². The predicted octanol–water partition coefficient (Wildman–Crippen LogP) is 1.68. The van der Waals surface area contributed by atoms with Gasteiger partial charge in [-0.1, -0.05) is 19.1 Å². The van der Waals surface area contributed by atoms with E-state index in [0.29, 0.717) is 17.8 Å². The molecule has 1 aromatic rings. The van der Waals surface area contributed by atoms with E-state index in [2.05, 4.69) is 0 Å². The summed E-state index contributed by atoms with van der Waals surface area (Å²) in [6.45, 7) is 3.87. The van der Waals surface area contributed by atoms with Crippen molar-refractivity contribution in [2.45, 2.75) is 13.8 Å². The second-order valence-corrected chi connectivity index (χ2v) is 6.46. The fraction of sp³-hybridized carbons (Fsp3) is 0.417. The van der Waals surface area contributed by atoms with Crippen LogP contribution in [0.1, 0.15) is 24.2 Å². The first-order chi connectivity index (χ1) is 7.90. The summed E-state index contributed by atoms with van der Waals surface area (Å²) in [5, 5.41) is 0. The first kappa shape index (κ1) is 12.1. The monoisotopic (exact) mass is 253 g/mol. The molecule has 1 atom stereocenters. The minimum atomic E-state index is -3.21. The Morgan fingerprint density at radius 3 is 2.65 bits per heavy atom. The fourth-order valence-corrected chi connectivity index (χ4v) is 3.97. The number of hydrogen-bond donors (Lipinski definition) is 0. The van der Waals surface area contributed by atoms with E-state index in [-0.39, 0.29) is 17.5 Å². The summed E-state index contributed by atoms with van der Waals surface area (Å²) >= 11 is 0. The molecule has 1 unspecified atom stereocenters. The second-order valence-electron chi connectivity index (χ2n) is 4.52. The van der Waals surface area contributed by atoms with E-state index in [0.717, 1.165) is 0 Å². The van der Waals surface area contributed by atoms with Crippen molar-refractivity contribution in [3.8, 4) is 0 Å². The van der Waals surface area contributed by atoms with Gasteiger partial charge >= 0.3 is 0 Å². The molecule has 0 saturated carbocycles. The number of Topliss-reactive ketones (excluding diaryl/α,β-unsaturated/α-hetero) is 1. The Bertz CT molecular complexity index is 551. The Balaban J connectivity index is 2.41. The molecule has 1 aliphatic heterocycles. The van der Waals surface area contributed by atoms with E-state index in [1.54, 1.807) is 24.3 Å². The Morgan fingerprint density at radius 2 is 2.12 bits per heavy atom. The molecule has 0 bridgehead atoms. The number of carbonyl (C=O) groups is 1. The highest BCUT2D eigenvalue weighted by Crippen LogP contribution is 2.27. The molecule has 0 aromatic heterocycles. The summed E-state index contributed by atoms with van der Waals surface area (Å²) in [6.07, 6.45) is 0. The predicted molar refractivity (Wildman–Crippen MR) is 66.7 cm³/mol. The van der Waals surface area contributed by atoms with Gasteiger partial charge in [-0.3, -0.25) is 9.10 Å². The lowest BCUT2D eigenvalue weighted by atomic mass is 10.1. The number of carbonyl (C=O) groups excluding carboxylic acids is 1. The first-order valence-corrected chi connectivity index (χ1v) is 7.12. The molecular formula is C12H15NO3S. The fourth-order valence-electron chi connectivity index (χ4n) is 2.04. The van der Waals surface area contributed by atoms with Gasteiger partial charge in [0.25, 0.3) is 0 Å². The molecule has 4 nitrogen and oxygen atoms in total. The summed E-state index contributed by atoms with van der Waals surface area (Å²) < 4.78 is 25.2. The Labute approximate surface area is 101 Å². The normalized spacial score (nSPS) is 22.7. The van der Waals surface area contributed by atoms with E-state index in [4.69, 9.17) is 0 Å². The SMILES string of the molecule is CC(=O)c1cccc(N2CC(C)CS2(=O)=O)c1. The maximum absolute atomic E-state index is 11.9. The van der Waals surface area contributed by atoms with E-state index in [9.17, 15) is 13.2 Å². The molecule has 0 aliphatic carbocycles. The van der Waals surface area contributed by atoms with Crippen LogP contribution in [0.4, 0.5) is 5.69 Å². The third-order valence-electron chi connectivity index (χ3n) is 2.85. The van der Waals surface area contributed by atoms with E-state index in [1.165, 1.54) is 11.2 Å². The Hall–Kier alpha value is -1.36. The number of hydrogen-bond acceptors (Lipinski definition) is 3. The zero-order chi connectivity index (χ0) is 12.6. The zero-order valence-electron chi connectivity index (χ0n) is 9.88. The van der Waals surface area contributed by atoms with Crippen molar-refractivity contribution in [1.82, 2.24) is 0 Å². The highest BCUT2D eigenvalue weighted by atomic mass is 32.2. The van der Waals surface area contributed by atoms with Gasteiger partial charge in [0.2, 0.25) is 10.0 Å². The van der Waals surface area contributed by atoms with Gasteiger partial charge in [0.05, 0.1) is 11.4 Å². The van der Waals surface area contributed by atoms with Crippen molar-refractivity contribution in [2.75, 3.05) is 16.6 Å². The third kappa shape index (κ3) is 2.34. The van der Waals surface area contributed by atoms with Crippen LogP contribution in [0.3, 0.4) is 0 Å². The summed E-state index contributed by atoms with van der Waals surface area (Å²) in [7, 11) is -3.21. The van der Waals surface area contributed by atoms with Crippen molar-refractivity contribution < 1.29 is 13.2 Å². The molecule has 5 heteroatoms. The molecule has 1 heterocycles. The van der Waals surface area contributed by atoms with Crippen LogP contribution in [0.2, 0.25) is 0 Å². The maximum atomic E-state index is 11.9. The largest absolute Gasteiger partial charge is 0.295 e.